The minimum absolute atomic E-state index is 0.172. The van der Waals surface area contributed by atoms with Crippen molar-refractivity contribution in [2.75, 3.05) is 10.8 Å². The Balaban J connectivity index is 1.65. The van der Waals surface area contributed by atoms with Gasteiger partial charge in [0.25, 0.3) is 15.9 Å². The first-order valence-corrected chi connectivity index (χ1v) is 11.5. The van der Waals surface area contributed by atoms with Gasteiger partial charge in [0.05, 0.1) is 11.3 Å². The molecule has 4 rings (SSSR count). The Morgan fingerprint density at radius 2 is 1.90 bits per heavy atom. The molecule has 0 saturated carbocycles. The fourth-order valence-corrected chi connectivity index (χ4v) is 5.76. The highest BCUT2D eigenvalue weighted by atomic mass is 32.2. The SMILES string of the molecule is CCN(c1cccc(C)c1)S(=O)(=O)c1cc(-c2nc(-c3cccc(F)c3)no2)cs1. The van der Waals surface area contributed by atoms with Crippen molar-refractivity contribution in [3.05, 3.63) is 71.4 Å². The summed E-state index contributed by atoms with van der Waals surface area (Å²) in [6.07, 6.45) is 0. The summed E-state index contributed by atoms with van der Waals surface area (Å²) in [5.41, 5.74) is 2.56. The van der Waals surface area contributed by atoms with Crippen LogP contribution in [0.15, 0.2) is 68.7 Å². The van der Waals surface area contributed by atoms with Gasteiger partial charge in [0.15, 0.2) is 0 Å². The lowest BCUT2D eigenvalue weighted by Gasteiger charge is -2.22. The summed E-state index contributed by atoms with van der Waals surface area (Å²) in [6, 6.07) is 14.7. The predicted molar refractivity (Wildman–Crippen MR) is 114 cm³/mol. The number of rotatable bonds is 6. The van der Waals surface area contributed by atoms with Crippen molar-refractivity contribution in [3.63, 3.8) is 0 Å². The summed E-state index contributed by atoms with van der Waals surface area (Å²) >= 11 is 1.08. The molecule has 0 saturated heterocycles. The third-order valence-corrected chi connectivity index (χ3v) is 7.77. The Bertz CT molecular complexity index is 1300. The molecule has 9 heteroatoms. The van der Waals surface area contributed by atoms with E-state index in [0.29, 0.717) is 23.4 Å². The lowest BCUT2D eigenvalue weighted by Crippen LogP contribution is -2.30. The molecule has 30 heavy (non-hydrogen) atoms. The first-order chi connectivity index (χ1) is 14.4. The molecular weight excluding hydrogens is 425 g/mol. The van der Waals surface area contributed by atoms with Gasteiger partial charge in [-0.3, -0.25) is 4.31 Å². The average Bonchev–Trinajstić information content (AvgIpc) is 3.38. The van der Waals surface area contributed by atoms with Crippen molar-refractivity contribution in [2.24, 2.45) is 0 Å². The number of aromatic nitrogens is 2. The molecule has 0 aliphatic rings. The van der Waals surface area contributed by atoms with Crippen molar-refractivity contribution >= 4 is 27.0 Å². The fraction of sp³-hybridized carbons (Fsp3) is 0.143. The molecule has 0 unspecified atom stereocenters. The van der Waals surface area contributed by atoms with E-state index in [1.54, 1.807) is 30.5 Å². The van der Waals surface area contributed by atoms with Gasteiger partial charge in [0.2, 0.25) is 5.82 Å². The molecule has 0 bridgehead atoms. The standard InChI is InChI=1S/C21H18FN3O3S2/c1-3-25(18-9-4-6-14(2)10-18)30(26,27)19-12-16(13-29-19)21-23-20(24-28-21)15-7-5-8-17(22)11-15/h4-13H,3H2,1-2H3. The average molecular weight is 444 g/mol. The van der Waals surface area contributed by atoms with Gasteiger partial charge in [-0.15, -0.1) is 11.3 Å². The van der Waals surface area contributed by atoms with Crippen LogP contribution < -0.4 is 4.31 Å². The van der Waals surface area contributed by atoms with Gasteiger partial charge in [0, 0.05) is 17.5 Å². The van der Waals surface area contributed by atoms with E-state index < -0.39 is 15.8 Å². The highest BCUT2D eigenvalue weighted by molar-refractivity contribution is 7.94. The highest BCUT2D eigenvalue weighted by Crippen LogP contribution is 2.32. The Hall–Kier alpha value is -3.04. The van der Waals surface area contributed by atoms with E-state index >= 15 is 0 Å². The minimum Gasteiger partial charge on any atom is -0.334 e. The van der Waals surface area contributed by atoms with Crippen LogP contribution in [0.1, 0.15) is 12.5 Å². The first-order valence-electron chi connectivity index (χ1n) is 9.16. The topological polar surface area (TPSA) is 76.3 Å². The van der Waals surface area contributed by atoms with Crippen LogP contribution in [0.4, 0.5) is 10.1 Å². The maximum atomic E-state index is 13.4. The van der Waals surface area contributed by atoms with E-state index in [4.69, 9.17) is 4.52 Å². The third-order valence-electron chi connectivity index (χ3n) is 4.45. The smallest absolute Gasteiger partial charge is 0.273 e. The zero-order chi connectivity index (χ0) is 21.3. The van der Waals surface area contributed by atoms with Crippen molar-refractivity contribution < 1.29 is 17.3 Å². The molecule has 0 spiro atoms. The molecule has 0 N–H and O–H groups in total. The summed E-state index contributed by atoms with van der Waals surface area (Å²) in [5.74, 6) is -0.000753. The van der Waals surface area contributed by atoms with E-state index in [9.17, 15) is 12.8 Å². The molecule has 4 aromatic rings. The summed E-state index contributed by atoms with van der Waals surface area (Å²) in [6.45, 7) is 4.00. The minimum atomic E-state index is -3.75. The lowest BCUT2D eigenvalue weighted by atomic mass is 10.2. The number of nitrogens with zero attached hydrogens (tertiary/aromatic N) is 3. The van der Waals surface area contributed by atoms with Gasteiger partial charge in [-0.25, -0.2) is 12.8 Å². The van der Waals surface area contributed by atoms with Crippen LogP contribution >= 0.6 is 11.3 Å². The van der Waals surface area contributed by atoms with E-state index in [-0.39, 0.29) is 15.9 Å². The van der Waals surface area contributed by atoms with Crippen LogP contribution in [0, 0.1) is 12.7 Å². The number of anilines is 1. The molecular formula is C21H18FN3O3S2. The fourth-order valence-electron chi connectivity index (χ4n) is 3.03. The molecule has 0 aliphatic heterocycles. The molecule has 0 fully saturated rings. The van der Waals surface area contributed by atoms with Crippen LogP contribution in [0.3, 0.4) is 0 Å². The number of aryl methyl sites for hydroxylation is 1. The first kappa shape index (κ1) is 20.2. The molecule has 2 heterocycles. The molecule has 0 radical (unpaired) electrons. The summed E-state index contributed by atoms with van der Waals surface area (Å²) in [7, 11) is -3.75. The molecule has 0 amide bonds. The third kappa shape index (κ3) is 3.86. The molecule has 0 atom stereocenters. The van der Waals surface area contributed by atoms with Crippen LogP contribution in [-0.4, -0.2) is 25.1 Å². The Labute approximate surface area is 177 Å². The Morgan fingerprint density at radius 3 is 2.63 bits per heavy atom. The molecule has 2 aromatic carbocycles. The zero-order valence-electron chi connectivity index (χ0n) is 16.2. The Morgan fingerprint density at radius 1 is 1.10 bits per heavy atom. The lowest BCUT2D eigenvalue weighted by molar-refractivity contribution is 0.432. The number of hydrogen-bond acceptors (Lipinski definition) is 6. The molecule has 6 nitrogen and oxygen atoms in total. The van der Waals surface area contributed by atoms with Crippen LogP contribution in [0.25, 0.3) is 22.8 Å². The van der Waals surface area contributed by atoms with Gasteiger partial charge >= 0.3 is 0 Å². The zero-order valence-corrected chi connectivity index (χ0v) is 17.9. The second kappa shape index (κ2) is 8.00. The van der Waals surface area contributed by atoms with Gasteiger partial charge < -0.3 is 4.52 Å². The number of sulfonamides is 1. The van der Waals surface area contributed by atoms with Crippen LogP contribution in [0.5, 0.6) is 0 Å². The van der Waals surface area contributed by atoms with Gasteiger partial charge in [-0.2, -0.15) is 4.98 Å². The quantitative estimate of drug-likeness (QED) is 0.413. The van der Waals surface area contributed by atoms with Crippen LogP contribution in [-0.2, 0) is 10.0 Å². The predicted octanol–water partition coefficient (Wildman–Crippen LogP) is 5.13. The summed E-state index contributed by atoms with van der Waals surface area (Å²) in [4.78, 5) is 4.28. The second-order valence-corrected chi connectivity index (χ2v) is 9.60. The van der Waals surface area contributed by atoms with Gasteiger partial charge in [0.1, 0.15) is 10.0 Å². The van der Waals surface area contributed by atoms with Crippen molar-refractivity contribution in [2.45, 2.75) is 18.1 Å². The van der Waals surface area contributed by atoms with E-state index in [1.165, 1.54) is 22.5 Å². The number of benzene rings is 2. The largest absolute Gasteiger partial charge is 0.334 e. The maximum Gasteiger partial charge on any atom is 0.273 e. The monoisotopic (exact) mass is 443 g/mol. The molecule has 154 valence electrons. The van der Waals surface area contributed by atoms with E-state index in [2.05, 4.69) is 10.1 Å². The number of thiophene rings is 1. The normalized spacial score (nSPS) is 11.6. The number of hydrogen-bond donors (Lipinski definition) is 0. The van der Waals surface area contributed by atoms with Crippen molar-refractivity contribution in [1.82, 2.24) is 10.1 Å². The van der Waals surface area contributed by atoms with Crippen LogP contribution in [0.2, 0.25) is 0 Å². The van der Waals surface area contributed by atoms with E-state index in [0.717, 1.165) is 16.9 Å². The maximum absolute atomic E-state index is 13.4. The van der Waals surface area contributed by atoms with Gasteiger partial charge in [-0.1, -0.05) is 29.4 Å². The highest BCUT2D eigenvalue weighted by Gasteiger charge is 2.26. The van der Waals surface area contributed by atoms with Gasteiger partial charge in [-0.05, 0) is 49.7 Å². The Kier molecular flexibility index (Phi) is 5.40. The van der Waals surface area contributed by atoms with Crippen molar-refractivity contribution in [3.8, 4) is 22.8 Å². The van der Waals surface area contributed by atoms with Crippen molar-refractivity contribution in [1.29, 1.82) is 0 Å². The molecule has 0 aliphatic carbocycles. The summed E-state index contributed by atoms with van der Waals surface area (Å²) < 4.78 is 46.7. The summed E-state index contributed by atoms with van der Waals surface area (Å²) in [5, 5.41) is 5.53. The second-order valence-electron chi connectivity index (χ2n) is 6.60. The molecule has 2 aromatic heterocycles. The van der Waals surface area contributed by atoms with E-state index in [1.807, 2.05) is 25.1 Å². The number of halogens is 1.